The van der Waals surface area contributed by atoms with Crippen molar-refractivity contribution in [3.63, 3.8) is 0 Å². The van der Waals surface area contributed by atoms with E-state index in [0.29, 0.717) is 24.9 Å². The topological polar surface area (TPSA) is 66.6 Å². The molecular formula is C16H20N2O3. The van der Waals surface area contributed by atoms with Gasteiger partial charge in [-0.05, 0) is 18.1 Å². The summed E-state index contributed by atoms with van der Waals surface area (Å²) in [7, 11) is 0. The van der Waals surface area contributed by atoms with Gasteiger partial charge in [0.2, 0.25) is 5.89 Å². The van der Waals surface area contributed by atoms with Crippen molar-refractivity contribution in [1.29, 1.82) is 0 Å². The summed E-state index contributed by atoms with van der Waals surface area (Å²) in [4.78, 5) is 17.2. The van der Waals surface area contributed by atoms with Crippen LogP contribution < -0.4 is 0 Å². The number of oxazole rings is 1. The minimum absolute atomic E-state index is 0.00566. The summed E-state index contributed by atoms with van der Waals surface area (Å²) in [5.74, 6) is 0.123. The molecule has 0 aliphatic carbocycles. The maximum absolute atomic E-state index is 10.9. The van der Waals surface area contributed by atoms with Crippen molar-refractivity contribution in [3.8, 4) is 11.5 Å². The van der Waals surface area contributed by atoms with Gasteiger partial charge in [-0.2, -0.15) is 0 Å². The Morgan fingerprint density at radius 3 is 2.67 bits per heavy atom. The van der Waals surface area contributed by atoms with Crippen molar-refractivity contribution in [2.75, 3.05) is 13.1 Å². The Balaban J connectivity index is 2.07. The fourth-order valence-corrected chi connectivity index (χ4v) is 2.21. The molecule has 0 atom stereocenters. The molecule has 1 N–H and O–H groups in total. The summed E-state index contributed by atoms with van der Waals surface area (Å²) < 4.78 is 5.48. The van der Waals surface area contributed by atoms with E-state index in [-0.39, 0.29) is 6.54 Å². The smallest absolute Gasteiger partial charge is 0.317 e. The molecule has 1 heterocycles. The summed E-state index contributed by atoms with van der Waals surface area (Å²) in [6.45, 7) is 5.31. The van der Waals surface area contributed by atoms with Gasteiger partial charge >= 0.3 is 5.97 Å². The predicted octanol–water partition coefficient (Wildman–Crippen LogP) is 2.88. The zero-order chi connectivity index (χ0) is 15.2. The maximum atomic E-state index is 10.9. The molecule has 5 nitrogen and oxygen atoms in total. The molecule has 0 radical (unpaired) electrons. The fraction of sp³-hybridized carbons (Fsp3) is 0.375. The lowest BCUT2D eigenvalue weighted by Crippen LogP contribution is -2.32. The van der Waals surface area contributed by atoms with Gasteiger partial charge in [0, 0.05) is 18.7 Å². The van der Waals surface area contributed by atoms with Crippen LogP contribution in [0.15, 0.2) is 41.0 Å². The molecule has 0 amide bonds. The van der Waals surface area contributed by atoms with Crippen molar-refractivity contribution in [2.24, 2.45) is 5.92 Å². The SMILES string of the molecule is CC(C)CN(CC(=O)O)Cc1coc(-c2ccccc2)n1. The van der Waals surface area contributed by atoms with Crippen LogP contribution >= 0.6 is 0 Å². The lowest BCUT2D eigenvalue weighted by Gasteiger charge is -2.20. The van der Waals surface area contributed by atoms with Crippen LogP contribution in [0, 0.1) is 5.92 Å². The Morgan fingerprint density at radius 1 is 1.33 bits per heavy atom. The highest BCUT2D eigenvalue weighted by molar-refractivity contribution is 5.69. The van der Waals surface area contributed by atoms with Gasteiger partial charge in [-0.15, -0.1) is 0 Å². The second-order valence-electron chi connectivity index (χ2n) is 5.47. The monoisotopic (exact) mass is 288 g/mol. The van der Waals surface area contributed by atoms with Crippen LogP contribution in [-0.4, -0.2) is 34.0 Å². The zero-order valence-electron chi connectivity index (χ0n) is 12.3. The molecule has 5 heteroatoms. The molecule has 112 valence electrons. The van der Waals surface area contributed by atoms with E-state index in [1.165, 1.54) is 0 Å². The number of aromatic nitrogens is 1. The summed E-state index contributed by atoms with van der Waals surface area (Å²) in [6, 6.07) is 9.64. The average molecular weight is 288 g/mol. The molecule has 1 aromatic heterocycles. The molecule has 0 unspecified atom stereocenters. The van der Waals surface area contributed by atoms with E-state index in [1.54, 1.807) is 6.26 Å². The molecule has 0 saturated heterocycles. The van der Waals surface area contributed by atoms with Crippen LogP contribution in [0.5, 0.6) is 0 Å². The molecule has 2 rings (SSSR count). The van der Waals surface area contributed by atoms with Gasteiger partial charge in [-0.1, -0.05) is 32.0 Å². The molecule has 0 fully saturated rings. The van der Waals surface area contributed by atoms with Crippen molar-refractivity contribution in [2.45, 2.75) is 20.4 Å². The van der Waals surface area contributed by atoms with Crippen LogP contribution in [0.25, 0.3) is 11.5 Å². The summed E-state index contributed by atoms with van der Waals surface area (Å²) >= 11 is 0. The molecule has 2 aromatic rings. The normalized spacial score (nSPS) is 11.2. The third-order valence-electron chi connectivity index (χ3n) is 2.94. The van der Waals surface area contributed by atoms with E-state index in [9.17, 15) is 4.79 Å². The first-order chi connectivity index (χ1) is 10.0. The van der Waals surface area contributed by atoms with E-state index < -0.39 is 5.97 Å². The summed E-state index contributed by atoms with van der Waals surface area (Å²) in [5.41, 5.74) is 1.66. The van der Waals surface area contributed by atoms with E-state index in [2.05, 4.69) is 18.8 Å². The van der Waals surface area contributed by atoms with Gasteiger partial charge < -0.3 is 9.52 Å². The Morgan fingerprint density at radius 2 is 2.05 bits per heavy atom. The van der Waals surface area contributed by atoms with E-state index in [4.69, 9.17) is 9.52 Å². The maximum Gasteiger partial charge on any atom is 0.317 e. The Hall–Kier alpha value is -2.14. The largest absolute Gasteiger partial charge is 0.480 e. The second-order valence-corrected chi connectivity index (χ2v) is 5.47. The van der Waals surface area contributed by atoms with Gasteiger partial charge in [0.05, 0.1) is 12.2 Å². The number of benzene rings is 1. The number of rotatable bonds is 7. The van der Waals surface area contributed by atoms with Crippen LogP contribution in [-0.2, 0) is 11.3 Å². The van der Waals surface area contributed by atoms with E-state index in [1.807, 2.05) is 35.2 Å². The lowest BCUT2D eigenvalue weighted by atomic mass is 10.2. The number of nitrogens with zero attached hydrogens (tertiary/aromatic N) is 2. The summed E-state index contributed by atoms with van der Waals surface area (Å²) in [6.07, 6.45) is 1.59. The number of carbonyl (C=O) groups is 1. The molecule has 0 aliphatic heterocycles. The van der Waals surface area contributed by atoms with Crippen molar-refractivity contribution < 1.29 is 14.3 Å². The highest BCUT2D eigenvalue weighted by atomic mass is 16.4. The molecule has 21 heavy (non-hydrogen) atoms. The first-order valence-corrected chi connectivity index (χ1v) is 6.98. The standard InChI is InChI=1S/C16H20N2O3/c1-12(2)8-18(10-15(19)20)9-14-11-21-16(17-14)13-6-4-3-5-7-13/h3-7,11-12H,8-10H2,1-2H3,(H,19,20). The fourth-order valence-electron chi connectivity index (χ4n) is 2.21. The minimum atomic E-state index is -0.831. The average Bonchev–Trinajstić information content (AvgIpc) is 2.86. The van der Waals surface area contributed by atoms with Gasteiger partial charge in [0.1, 0.15) is 6.26 Å². The molecule has 0 bridgehead atoms. The van der Waals surface area contributed by atoms with Gasteiger partial charge in [0.15, 0.2) is 0 Å². The van der Waals surface area contributed by atoms with Gasteiger partial charge in [-0.25, -0.2) is 4.98 Å². The minimum Gasteiger partial charge on any atom is -0.480 e. The van der Waals surface area contributed by atoms with Crippen molar-refractivity contribution in [1.82, 2.24) is 9.88 Å². The number of carboxylic acid groups (broad SMARTS) is 1. The van der Waals surface area contributed by atoms with Crippen molar-refractivity contribution >= 4 is 5.97 Å². The zero-order valence-corrected chi connectivity index (χ0v) is 12.3. The van der Waals surface area contributed by atoms with E-state index in [0.717, 1.165) is 11.3 Å². The number of aliphatic carboxylic acids is 1. The number of carboxylic acids is 1. The van der Waals surface area contributed by atoms with Gasteiger partial charge in [-0.3, -0.25) is 9.69 Å². The third-order valence-corrected chi connectivity index (χ3v) is 2.94. The summed E-state index contributed by atoms with van der Waals surface area (Å²) in [5, 5.41) is 8.97. The molecule has 0 saturated carbocycles. The van der Waals surface area contributed by atoms with Crippen LogP contribution in [0.3, 0.4) is 0 Å². The highest BCUT2D eigenvalue weighted by Gasteiger charge is 2.15. The molecule has 1 aromatic carbocycles. The second kappa shape index (κ2) is 7.04. The lowest BCUT2D eigenvalue weighted by molar-refractivity contribution is -0.138. The third kappa shape index (κ3) is 4.72. The Labute approximate surface area is 124 Å². The molecule has 0 spiro atoms. The van der Waals surface area contributed by atoms with Crippen LogP contribution in [0.2, 0.25) is 0 Å². The number of hydrogen-bond acceptors (Lipinski definition) is 4. The highest BCUT2D eigenvalue weighted by Crippen LogP contribution is 2.18. The quantitative estimate of drug-likeness (QED) is 0.848. The number of hydrogen-bond donors (Lipinski definition) is 1. The predicted molar refractivity (Wildman–Crippen MR) is 79.7 cm³/mol. The van der Waals surface area contributed by atoms with Crippen LogP contribution in [0.1, 0.15) is 19.5 Å². The van der Waals surface area contributed by atoms with Gasteiger partial charge in [0.25, 0.3) is 0 Å². The van der Waals surface area contributed by atoms with Crippen LogP contribution in [0.4, 0.5) is 0 Å². The Kier molecular flexibility index (Phi) is 5.11. The first-order valence-electron chi connectivity index (χ1n) is 6.98. The van der Waals surface area contributed by atoms with E-state index >= 15 is 0 Å². The first kappa shape index (κ1) is 15.3. The molecular weight excluding hydrogens is 268 g/mol. The molecule has 0 aliphatic rings. The van der Waals surface area contributed by atoms with Crippen molar-refractivity contribution in [3.05, 3.63) is 42.3 Å². The Bertz CT molecular complexity index is 578.